The molecule has 0 saturated heterocycles. The zero-order chi connectivity index (χ0) is 13.1. The van der Waals surface area contributed by atoms with E-state index in [1.165, 1.54) is 10.9 Å². The number of nitrogens with zero attached hydrogens (tertiary/aromatic N) is 1. The van der Waals surface area contributed by atoms with E-state index in [1.807, 2.05) is 29.7 Å². The highest BCUT2D eigenvalue weighted by atomic mass is 16.3. The number of fused-ring (bicyclic) bond motifs is 1. The number of rotatable bonds is 4. The fraction of sp³-hybridized carbons (Fsp3) is 0.357. The molecule has 1 amide bonds. The summed E-state index contributed by atoms with van der Waals surface area (Å²) in [6.45, 7) is 4.65. The zero-order valence-corrected chi connectivity index (χ0v) is 10.7. The number of aliphatic hydroxyl groups excluding tert-OH is 1. The molecular formula is C14H18N2O2. The van der Waals surface area contributed by atoms with Gasteiger partial charge in [-0.05, 0) is 25.5 Å². The summed E-state index contributed by atoms with van der Waals surface area (Å²) in [6, 6.07) is 8.07. The number of carbonyl (C=O) groups is 1. The van der Waals surface area contributed by atoms with Crippen molar-refractivity contribution in [3.8, 4) is 0 Å². The molecule has 18 heavy (non-hydrogen) atoms. The van der Waals surface area contributed by atoms with Crippen molar-refractivity contribution in [2.75, 3.05) is 13.2 Å². The summed E-state index contributed by atoms with van der Waals surface area (Å²) < 4.78 is 2.01. The second-order valence-corrected chi connectivity index (χ2v) is 4.39. The van der Waals surface area contributed by atoms with Gasteiger partial charge >= 0.3 is 0 Å². The van der Waals surface area contributed by atoms with Crippen molar-refractivity contribution in [2.45, 2.75) is 20.4 Å². The summed E-state index contributed by atoms with van der Waals surface area (Å²) in [5, 5.41) is 12.5. The number of nitrogens with one attached hydrogen (secondary N) is 1. The quantitative estimate of drug-likeness (QED) is 0.856. The molecule has 0 spiro atoms. The molecule has 2 rings (SSSR count). The third-order valence-corrected chi connectivity index (χ3v) is 3.28. The summed E-state index contributed by atoms with van der Waals surface area (Å²) in [6.07, 6.45) is 0. The highest BCUT2D eigenvalue weighted by Gasteiger charge is 2.12. The Kier molecular flexibility index (Phi) is 3.67. The molecule has 1 heterocycles. The number of hydrogen-bond acceptors (Lipinski definition) is 2. The Bertz CT molecular complexity index is 572. The molecule has 1 aromatic carbocycles. The highest BCUT2D eigenvalue weighted by molar-refractivity contribution is 5.87. The SMILES string of the molecule is Cc1c(C)n(CC(=O)NCCO)c2ccccc12. The largest absolute Gasteiger partial charge is 0.395 e. The van der Waals surface area contributed by atoms with Crippen LogP contribution in [0, 0.1) is 13.8 Å². The van der Waals surface area contributed by atoms with Crippen LogP contribution in [0.1, 0.15) is 11.3 Å². The van der Waals surface area contributed by atoms with E-state index in [0.29, 0.717) is 13.1 Å². The van der Waals surface area contributed by atoms with Gasteiger partial charge in [-0.3, -0.25) is 4.79 Å². The van der Waals surface area contributed by atoms with Gasteiger partial charge in [0.05, 0.1) is 6.61 Å². The van der Waals surface area contributed by atoms with Crippen LogP contribution < -0.4 is 5.32 Å². The molecule has 0 unspecified atom stereocenters. The zero-order valence-electron chi connectivity index (χ0n) is 10.7. The highest BCUT2D eigenvalue weighted by Crippen LogP contribution is 2.24. The summed E-state index contributed by atoms with van der Waals surface area (Å²) >= 11 is 0. The minimum Gasteiger partial charge on any atom is -0.395 e. The Morgan fingerprint density at radius 2 is 2.06 bits per heavy atom. The number of aromatic nitrogens is 1. The number of amides is 1. The van der Waals surface area contributed by atoms with Gasteiger partial charge in [-0.15, -0.1) is 0 Å². The van der Waals surface area contributed by atoms with Gasteiger partial charge in [0.25, 0.3) is 0 Å². The lowest BCUT2D eigenvalue weighted by molar-refractivity contribution is -0.121. The van der Waals surface area contributed by atoms with Crippen molar-refractivity contribution >= 4 is 16.8 Å². The van der Waals surface area contributed by atoms with Crippen molar-refractivity contribution in [3.05, 3.63) is 35.5 Å². The molecule has 4 nitrogen and oxygen atoms in total. The Morgan fingerprint density at radius 1 is 1.33 bits per heavy atom. The smallest absolute Gasteiger partial charge is 0.240 e. The molecule has 2 aromatic rings. The van der Waals surface area contributed by atoms with Gasteiger partial charge in [-0.2, -0.15) is 0 Å². The fourth-order valence-electron chi connectivity index (χ4n) is 2.20. The number of carbonyl (C=O) groups excluding carboxylic acids is 1. The number of hydrogen-bond donors (Lipinski definition) is 2. The minimum absolute atomic E-state index is 0.0316. The third kappa shape index (κ3) is 2.24. The van der Waals surface area contributed by atoms with E-state index in [0.717, 1.165) is 11.2 Å². The van der Waals surface area contributed by atoms with E-state index in [9.17, 15) is 4.79 Å². The molecule has 0 saturated carbocycles. The first-order valence-corrected chi connectivity index (χ1v) is 6.07. The first-order chi connectivity index (χ1) is 8.65. The van der Waals surface area contributed by atoms with E-state index >= 15 is 0 Å². The van der Waals surface area contributed by atoms with Gasteiger partial charge in [0, 0.05) is 23.1 Å². The molecule has 0 bridgehead atoms. The second-order valence-electron chi connectivity index (χ2n) is 4.39. The number of para-hydroxylation sites is 1. The van der Waals surface area contributed by atoms with Crippen molar-refractivity contribution in [2.24, 2.45) is 0 Å². The Labute approximate surface area is 106 Å². The maximum absolute atomic E-state index is 11.7. The van der Waals surface area contributed by atoms with Crippen LogP contribution in [-0.4, -0.2) is 28.7 Å². The average molecular weight is 246 g/mol. The molecule has 0 aliphatic rings. The van der Waals surface area contributed by atoms with Gasteiger partial charge in [0.15, 0.2) is 0 Å². The van der Waals surface area contributed by atoms with E-state index < -0.39 is 0 Å². The lowest BCUT2D eigenvalue weighted by atomic mass is 10.2. The fourth-order valence-corrected chi connectivity index (χ4v) is 2.20. The maximum Gasteiger partial charge on any atom is 0.240 e. The van der Waals surface area contributed by atoms with E-state index in [1.54, 1.807) is 0 Å². The van der Waals surface area contributed by atoms with Crippen LogP contribution in [0.2, 0.25) is 0 Å². The molecule has 1 aromatic heterocycles. The van der Waals surface area contributed by atoms with E-state index in [-0.39, 0.29) is 12.5 Å². The molecular weight excluding hydrogens is 228 g/mol. The van der Waals surface area contributed by atoms with E-state index in [2.05, 4.69) is 18.3 Å². The number of aryl methyl sites for hydroxylation is 1. The summed E-state index contributed by atoms with van der Waals surface area (Å²) in [5.41, 5.74) is 3.39. The van der Waals surface area contributed by atoms with Crippen molar-refractivity contribution in [1.29, 1.82) is 0 Å². The van der Waals surface area contributed by atoms with Crippen LogP contribution in [0.15, 0.2) is 24.3 Å². The van der Waals surface area contributed by atoms with Crippen LogP contribution in [-0.2, 0) is 11.3 Å². The monoisotopic (exact) mass is 246 g/mol. The van der Waals surface area contributed by atoms with Crippen molar-refractivity contribution < 1.29 is 9.90 Å². The summed E-state index contributed by atoms with van der Waals surface area (Å²) in [5.74, 6) is -0.0760. The molecule has 0 aliphatic carbocycles. The van der Waals surface area contributed by atoms with Crippen LogP contribution in [0.4, 0.5) is 0 Å². The Morgan fingerprint density at radius 3 is 2.78 bits per heavy atom. The molecule has 0 fully saturated rings. The third-order valence-electron chi connectivity index (χ3n) is 3.28. The van der Waals surface area contributed by atoms with Gasteiger partial charge < -0.3 is 15.0 Å². The summed E-state index contributed by atoms with van der Waals surface area (Å²) in [7, 11) is 0. The topological polar surface area (TPSA) is 54.3 Å². The lowest BCUT2D eigenvalue weighted by Gasteiger charge is -2.08. The molecule has 2 N–H and O–H groups in total. The molecule has 0 aliphatic heterocycles. The number of aliphatic hydroxyl groups is 1. The Balaban J connectivity index is 2.33. The Hall–Kier alpha value is -1.81. The van der Waals surface area contributed by atoms with Crippen LogP contribution in [0.3, 0.4) is 0 Å². The minimum atomic E-state index is -0.0760. The summed E-state index contributed by atoms with van der Waals surface area (Å²) in [4.78, 5) is 11.7. The van der Waals surface area contributed by atoms with Gasteiger partial charge in [-0.25, -0.2) is 0 Å². The van der Waals surface area contributed by atoms with E-state index in [4.69, 9.17) is 5.11 Å². The standard InChI is InChI=1S/C14H18N2O2/c1-10-11(2)16(9-14(18)15-7-8-17)13-6-4-3-5-12(10)13/h3-6,17H,7-9H2,1-2H3,(H,15,18). The number of benzene rings is 1. The first kappa shape index (κ1) is 12.6. The maximum atomic E-state index is 11.7. The average Bonchev–Trinajstić information content (AvgIpc) is 2.62. The molecule has 4 heteroatoms. The normalized spacial score (nSPS) is 10.8. The molecule has 96 valence electrons. The predicted molar refractivity (Wildman–Crippen MR) is 71.5 cm³/mol. The molecule has 0 radical (unpaired) electrons. The second kappa shape index (κ2) is 5.23. The van der Waals surface area contributed by atoms with Gasteiger partial charge in [0.1, 0.15) is 6.54 Å². The van der Waals surface area contributed by atoms with Crippen LogP contribution in [0.25, 0.3) is 10.9 Å². The van der Waals surface area contributed by atoms with Crippen LogP contribution >= 0.6 is 0 Å². The predicted octanol–water partition coefficient (Wildman–Crippen LogP) is 1.37. The van der Waals surface area contributed by atoms with Crippen LogP contribution in [0.5, 0.6) is 0 Å². The van der Waals surface area contributed by atoms with Gasteiger partial charge in [0.2, 0.25) is 5.91 Å². The van der Waals surface area contributed by atoms with Crippen molar-refractivity contribution in [1.82, 2.24) is 9.88 Å². The van der Waals surface area contributed by atoms with Crippen molar-refractivity contribution in [3.63, 3.8) is 0 Å². The first-order valence-electron chi connectivity index (χ1n) is 6.07. The van der Waals surface area contributed by atoms with Gasteiger partial charge in [-0.1, -0.05) is 18.2 Å². The molecule has 0 atom stereocenters. The lowest BCUT2D eigenvalue weighted by Crippen LogP contribution is -2.30.